The van der Waals surface area contributed by atoms with E-state index in [0.29, 0.717) is 6.42 Å². The second-order valence-corrected chi connectivity index (χ2v) is 3.80. The van der Waals surface area contributed by atoms with Crippen LogP contribution in [0.1, 0.15) is 25.8 Å². The molecule has 1 aromatic rings. The van der Waals surface area contributed by atoms with Crippen LogP contribution in [0.25, 0.3) is 0 Å². The van der Waals surface area contributed by atoms with Gasteiger partial charge in [0.1, 0.15) is 0 Å². The van der Waals surface area contributed by atoms with E-state index in [1.165, 1.54) is 14.0 Å². The molecule has 0 radical (unpaired) electrons. The first-order chi connectivity index (χ1) is 8.06. The summed E-state index contributed by atoms with van der Waals surface area (Å²) in [5.74, 6) is -0.720. The molecule has 0 bridgehead atoms. The maximum absolute atomic E-state index is 12.0. The molecule has 4 nitrogen and oxygen atoms in total. The number of hydrogen-bond donors (Lipinski definition) is 1. The van der Waals surface area contributed by atoms with Gasteiger partial charge in [0.25, 0.3) is 0 Å². The molecule has 0 saturated heterocycles. The predicted molar refractivity (Wildman–Crippen MR) is 64.2 cm³/mol. The minimum atomic E-state index is -1.10. The second kappa shape index (κ2) is 5.48. The average Bonchev–Trinajstić information content (AvgIpc) is 2.35. The quantitative estimate of drug-likeness (QED) is 0.806. The highest BCUT2D eigenvalue weighted by molar-refractivity contribution is 5.88. The molecule has 0 fully saturated rings. The van der Waals surface area contributed by atoms with Gasteiger partial charge in [-0.3, -0.25) is 4.79 Å². The summed E-state index contributed by atoms with van der Waals surface area (Å²) in [7, 11) is 1.32. The lowest BCUT2D eigenvalue weighted by molar-refractivity contribution is -0.151. The van der Waals surface area contributed by atoms with E-state index in [1.807, 2.05) is 25.1 Å². The van der Waals surface area contributed by atoms with Gasteiger partial charge in [-0.05, 0) is 12.0 Å². The molecule has 0 unspecified atom stereocenters. The van der Waals surface area contributed by atoms with Crippen LogP contribution >= 0.6 is 0 Å². The second-order valence-electron chi connectivity index (χ2n) is 3.80. The third kappa shape index (κ3) is 2.64. The molecule has 1 amide bonds. The SMILES string of the molecule is CC[C@](NC(C)=O)(C(=O)OC)c1ccccc1. The molecule has 0 aliphatic heterocycles. The normalized spacial score (nSPS) is 13.6. The number of carbonyl (C=O) groups is 2. The Balaban J connectivity index is 3.25. The van der Waals surface area contributed by atoms with Crippen molar-refractivity contribution in [2.45, 2.75) is 25.8 Å². The number of ether oxygens (including phenoxy) is 1. The van der Waals surface area contributed by atoms with Crippen molar-refractivity contribution in [1.82, 2.24) is 5.32 Å². The van der Waals surface area contributed by atoms with Crippen molar-refractivity contribution in [3.8, 4) is 0 Å². The number of rotatable bonds is 4. The third-order valence-corrected chi connectivity index (χ3v) is 2.72. The Morgan fingerprint density at radius 2 is 1.88 bits per heavy atom. The number of hydrogen-bond acceptors (Lipinski definition) is 3. The maximum Gasteiger partial charge on any atom is 0.336 e. The lowest BCUT2D eigenvalue weighted by Crippen LogP contribution is -2.51. The zero-order valence-corrected chi connectivity index (χ0v) is 10.3. The number of esters is 1. The first-order valence-corrected chi connectivity index (χ1v) is 5.49. The van der Waals surface area contributed by atoms with Gasteiger partial charge in [0.2, 0.25) is 5.91 Å². The van der Waals surface area contributed by atoms with E-state index in [-0.39, 0.29) is 5.91 Å². The fraction of sp³-hybridized carbons (Fsp3) is 0.385. The highest BCUT2D eigenvalue weighted by Gasteiger charge is 2.40. The summed E-state index contributed by atoms with van der Waals surface area (Å²) in [6.45, 7) is 3.22. The molecule has 0 spiro atoms. The molecule has 0 aliphatic rings. The van der Waals surface area contributed by atoms with E-state index < -0.39 is 11.5 Å². The van der Waals surface area contributed by atoms with Gasteiger partial charge in [-0.25, -0.2) is 4.79 Å². The third-order valence-electron chi connectivity index (χ3n) is 2.72. The summed E-state index contributed by atoms with van der Waals surface area (Å²) in [6, 6.07) is 9.11. The van der Waals surface area contributed by atoms with E-state index in [4.69, 9.17) is 4.74 Å². The van der Waals surface area contributed by atoms with Gasteiger partial charge in [-0.1, -0.05) is 37.3 Å². The maximum atomic E-state index is 12.0. The molecular weight excluding hydrogens is 218 g/mol. The van der Waals surface area contributed by atoms with Crippen LogP contribution < -0.4 is 5.32 Å². The molecule has 17 heavy (non-hydrogen) atoms. The highest BCUT2D eigenvalue weighted by Crippen LogP contribution is 2.26. The van der Waals surface area contributed by atoms with Gasteiger partial charge < -0.3 is 10.1 Å². The number of amides is 1. The van der Waals surface area contributed by atoms with Crippen molar-refractivity contribution >= 4 is 11.9 Å². The number of methoxy groups -OCH3 is 1. The standard InChI is InChI=1S/C13H17NO3/c1-4-13(12(16)17-3,14-10(2)15)11-8-6-5-7-9-11/h5-9H,4H2,1-3H3,(H,14,15)/t13-/m1/s1. The number of carbonyl (C=O) groups excluding carboxylic acids is 2. The zero-order valence-electron chi connectivity index (χ0n) is 10.3. The van der Waals surface area contributed by atoms with Crippen LogP contribution in [0.3, 0.4) is 0 Å². The lowest BCUT2D eigenvalue weighted by atomic mass is 9.87. The lowest BCUT2D eigenvalue weighted by Gasteiger charge is -2.30. The molecule has 92 valence electrons. The fourth-order valence-electron chi connectivity index (χ4n) is 1.88. The van der Waals surface area contributed by atoms with E-state index in [1.54, 1.807) is 12.1 Å². The zero-order chi connectivity index (χ0) is 12.9. The Bertz CT molecular complexity index is 402. The van der Waals surface area contributed by atoms with Gasteiger partial charge in [-0.15, -0.1) is 0 Å². The van der Waals surface area contributed by atoms with Gasteiger partial charge in [0.15, 0.2) is 5.54 Å². The summed E-state index contributed by atoms with van der Waals surface area (Å²) in [5, 5.41) is 2.70. The van der Waals surface area contributed by atoms with Crippen LogP contribution in [-0.2, 0) is 19.9 Å². The Labute approximate surface area is 101 Å². The van der Waals surface area contributed by atoms with Crippen LogP contribution in [0.15, 0.2) is 30.3 Å². The van der Waals surface area contributed by atoms with Crippen LogP contribution in [0, 0.1) is 0 Å². The number of benzene rings is 1. The molecule has 1 aromatic carbocycles. The molecule has 1 N–H and O–H groups in total. The Kier molecular flexibility index (Phi) is 4.26. The number of nitrogens with one attached hydrogen (secondary N) is 1. The first kappa shape index (κ1) is 13.2. The van der Waals surface area contributed by atoms with Gasteiger partial charge >= 0.3 is 5.97 Å². The van der Waals surface area contributed by atoms with Crippen molar-refractivity contribution in [2.75, 3.05) is 7.11 Å². The van der Waals surface area contributed by atoms with E-state index >= 15 is 0 Å². The monoisotopic (exact) mass is 235 g/mol. The van der Waals surface area contributed by atoms with Crippen molar-refractivity contribution < 1.29 is 14.3 Å². The molecule has 1 atom stereocenters. The first-order valence-electron chi connectivity index (χ1n) is 5.49. The summed E-state index contributed by atoms with van der Waals surface area (Å²) in [4.78, 5) is 23.3. The van der Waals surface area contributed by atoms with Crippen LogP contribution in [0.4, 0.5) is 0 Å². The predicted octanol–water partition coefficient (Wildman–Crippen LogP) is 1.60. The smallest absolute Gasteiger partial charge is 0.336 e. The largest absolute Gasteiger partial charge is 0.467 e. The summed E-state index contributed by atoms with van der Waals surface area (Å²) in [6.07, 6.45) is 0.434. The molecule has 0 heterocycles. The van der Waals surface area contributed by atoms with Crippen LogP contribution in [0.5, 0.6) is 0 Å². The summed E-state index contributed by atoms with van der Waals surface area (Å²) >= 11 is 0. The topological polar surface area (TPSA) is 55.4 Å². The van der Waals surface area contributed by atoms with E-state index in [9.17, 15) is 9.59 Å². The van der Waals surface area contributed by atoms with E-state index in [0.717, 1.165) is 5.56 Å². The Morgan fingerprint density at radius 3 is 2.29 bits per heavy atom. The molecule has 4 heteroatoms. The van der Waals surface area contributed by atoms with Gasteiger partial charge in [0.05, 0.1) is 7.11 Å². The van der Waals surface area contributed by atoms with Crippen molar-refractivity contribution in [1.29, 1.82) is 0 Å². The van der Waals surface area contributed by atoms with E-state index in [2.05, 4.69) is 5.32 Å². The molecule has 0 aliphatic carbocycles. The van der Waals surface area contributed by atoms with Crippen LogP contribution in [0.2, 0.25) is 0 Å². The van der Waals surface area contributed by atoms with Crippen molar-refractivity contribution in [3.63, 3.8) is 0 Å². The minimum absolute atomic E-state index is 0.263. The fourth-order valence-corrected chi connectivity index (χ4v) is 1.88. The minimum Gasteiger partial charge on any atom is -0.467 e. The molecular formula is C13H17NO3. The summed E-state index contributed by atoms with van der Waals surface area (Å²) < 4.78 is 4.81. The van der Waals surface area contributed by atoms with Gasteiger partial charge in [-0.2, -0.15) is 0 Å². The molecule has 1 rings (SSSR count). The summed E-state index contributed by atoms with van der Waals surface area (Å²) in [5.41, 5.74) is -0.369. The Hall–Kier alpha value is -1.84. The molecule has 0 saturated carbocycles. The Morgan fingerprint density at radius 1 is 1.29 bits per heavy atom. The van der Waals surface area contributed by atoms with Crippen molar-refractivity contribution in [3.05, 3.63) is 35.9 Å². The highest BCUT2D eigenvalue weighted by atomic mass is 16.5. The van der Waals surface area contributed by atoms with Crippen molar-refractivity contribution in [2.24, 2.45) is 0 Å². The molecule has 0 aromatic heterocycles. The van der Waals surface area contributed by atoms with Gasteiger partial charge in [0, 0.05) is 6.92 Å². The van der Waals surface area contributed by atoms with Crippen LogP contribution in [-0.4, -0.2) is 19.0 Å². The average molecular weight is 235 g/mol.